The van der Waals surface area contributed by atoms with E-state index in [9.17, 15) is 0 Å². The molecule has 4 heterocycles. The number of likely N-dealkylation sites (tertiary alicyclic amines) is 2. The Labute approximate surface area is 279 Å². The zero-order chi connectivity index (χ0) is 32.0. The van der Waals surface area contributed by atoms with E-state index in [1.165, 1.54) is 117 Å². The quantitative estimate of drug-likeness (QED) is 0.249. The van der Waals surface area contributed by atoms with Crippen LogP contribution in [0.1, 0.15) is 120 Å². The Bertz CT molecular complexity index is 1670. The van der Waals surface area contributed by atoms with Crippen molar-refractivity contribution in [1.82, 2.24) is 14.4 Å². The number of aryl methyl sites for hydroxylation is 1. The van der Waals surface area contributed by atoms with Crippen LogP contribution in [0.2, 0.25) is 0 Å². The van der Waals surface area contributed by atoms with E-state index < -0.39 is 0 Å². The predicted octanol–water partition coefficient (Wildman–Crippen LogP) is 10.3. The lowest BCUT2D eigenvalue weighted by Crippen LogP contribution is -2.39. The number of nitrogens with zero attached hydrogens (tertiary/aromatic N) is 3. The van der Waals surface area contributed by atoms with E-state index in [-0.39, 0.29) is 5.41 Å². The van der Waals surface area contributed by atoms with Gasteiger partial charge in [0.05, 0.1) is 5.69 Å². The van der Waals surface area contributed by atoms with Gasteiger partial charge in [0.1, 0.15) is 0 Å². The number of aromatic nitrogens is 1. The van der Waals surface area contributed by atoms with Crippen molar-refractivity contribution < 1.29 is 0 Å². The summed E-state index contributed by atoms with van der Waals surface area (Å²) in [5.74, 6) is 1.89. The van der Waals surface area contributed by atoms with Crippen molar-refractivity contribution in [2.75, 3.05) is 33.2 Å². The van der Waals surface area contributed by atoms with Gasteiger partial charge in [-0.1, -0.05) is 95.9 Å². The van der Waals surface area contributed by atoms with Crippen LogP contribution in [0, 0.1) is 29.1 Å². The SMILES string of the molecule is C=C(N1CC2(CC)CN(C)CC2(CCC)C1)C12CC1c1cc(C)ccc1-c1c(C3CCCCC3)c3ccc(CC(C)C)cc3n1C2. The van der Waals surface area contributed by atoms with Gasteiger partial charge in [-0.05, 0) is 93.0 Å². The van der Waals surface area contributed by atoms with Crippen LogP contribution in [0.4, 0.5) is 0 Å². The molecule has 3 nitrogen and oxygen atoms in total. The summed E-state index contributed by atoms with van der Waals surface area (Å²) >= 11 is 0. The number of hydrogen-bond donors (Lipinski definition) is 0. The summed E-state index contributed by atoms with van der Waals surface area (Å²) in [4.78, 5) is 5.48. The second kappa shape index (κ2) is 11.0. The highest BCUT2D eigenvalue weighted by atomic mass is 15.3. The fourth-order valence-corrected chi connectivity index (χ4v) is 11.7. The van der Waals surface area contributed by atoms with E-state index in [4.69, 9.17) is 6.58 Å². The first kappa shape index (κ1) is 30.8. The largest absolute Gasteiger partial charge is 0.374 e. The smallest absolute Gasteiger partial charge is 0.0529 e. The van der Waals surface area contributed by atoms with Crippen LogP contribution in [0.5, 0.6) is 0 Å². The van der Waals surface area contributed by atoms with E-state index in [0.29, 0.717) is 28.6 Å². The van der Waals surface area contributed by atoms with Gasteiger partial charge < -0.3 is 14.4 Å². The predicted molar refractivity (Wildman–Crippen MR) is 195 cm³/mol. The van der Waals surface area contributed by atoms with Crippen LogP contribution in [-0.4, -0.2) is 47.6 Å². The third-order valence-corrected chi connectivity index (χ3v) is 13.8. The molecule has 3 aliphatic heterocycles. The van der Waals surface area contributed by atoms with Crippen LogP contribution in [0.3, 0.4) is 0 Å². The Morgan fingerprint density at radius 2 is 1.70 bits per heavy atom. The molecular formula is C43H59N3. The molecule has 2 aromatic carbocycles. The highest BCUT2D eigenvalue weighted by molar-refractivity contribution is 5.94. The number of rotatable bonds is 8. The second-order valence-electron chi connectivity index (χ2n) is 17.3. The van der Waals surface area contributed by atoms with Gasteiger partial charge in [-0.15, -0.1) is 0 Å². The summed E-state index contributed by atoms with van der Waals surface area (Å²) in [7, 11) is 2.36. The zero-order valence-electron chi connectivity index (χ0n) is 29.9. The van der Waals surface area contributed by atoms with E-state index in [1.807, 2.05) is 0 Å². The van der Waals surface area contributed by atoms with Gasteiger partial charge in [0.2, 0.25) is 0 Å². The fourth-order valence-electron chi connectivity index (χ4n) is 11.7. The summed E-state index contributed by atoms with van der Waals surface area (Å²) in [6.07, 6.45) is 13.1. The molecule has 4 atom stereocenters. The Kier molecular flexibility index (Phi) is 7.37. The van der Waals surface area contributed by atoms with Gasteiger partial charge in [-0.3, -0.25) is 0 Å². The first-order valence-electron chi connectivity index (χ1n) is 19.0. The monoisotopic (exact) mass is 617 g/mol. The molecule has 5 aliphatic rings. The standard InChI is InChI=1S/C43H59N3/c1-8-19-42-25-44(7)24-41(42,9-2)26-45(27-42)31(6)43-23-37(43)36-21-30(5)15-17-34(36)40-39(33-13-11-10-12-14-33)35-18-16-32(20-29(3)4)22-38(35)46(40)28-43/h15-18,21-22,29,33,37H,6,8-14,19-20,23-28H2,1-5,7H3. The first-order chi connectivity index (χ1) is 22.1. The van der Waals surface area contributed by atoms with E-state index in [1.54, 1.807) is 16.8 Å². The molecule has 0 spiro atoms. The Hall–Kier alpha value is -2.52. The maximum absolute atomic E-state index is 5.12. The third kappa shape index (κ3) is 4.46. The van der Waals surface area contributed by atoms with Crippen LogP contribution >= 0.6 is 0 Å². The van der Waals surface area contributed by atoms with Crippen molar-refractivity contribution in [3.05, 3.63) is 70.9 Å². The molecule has 4 fully saturated rings. The van der Waals surface area contributed by atoms with E-state index in [0.717, 1.165) is 13.0 Å². The van der Waals surface area contributed by atoms with Gasteiger partial charge in [0.25, 0.3) is 0 Å². The highest BCUT2D eigenvalue weighted by Crippen LogP contribution is 2.70. The minimum atomic E-state index is 0.102. The van der Waals surface area contributed by atoms with Crippen LogP contribution in [-0.2, 0) is 13.0 Å². The zero-order valence-corrected chi connectivity index (χ0v) is 29.9. The maximum atomic E-state index is 5.12. The Balaban J connectivity index is 1.28. The summed E-state index contributed by atoms with van der Waals surface area (Å²) in [6.45, 7) is 23.0. The highest BCUT2D eigenvalue weighted by Gasteiger charge is 2.65. The van der Waals surface area contributed by atoms with Crippen molar-refractivity contribution >= 4 is 10.9 Å². The summed E-state index contributed by atoms with van der Waals surface area (Å²) < 4.78 is 2.84. The molecule has 2 saturated heterocycles. The van der Waals surface area contributed by atoms with Gasteiger partial charge >= 0.3 is 0 Å². The molecule has 0 bridgehead atoms. The Morgan fingerprint density at radius 1 is 0.935 bits per heavy atom. The molecule has 3 heteroatoms. The average Bonchev–Trinajstić information content (AvgIpc) is 3.49. The molecular weight excluding hydrogens is 558 g/mol. The van der Waals surface area contributed by atoms with Crippen LogP contribution in [0.25, 0.3) is 22.2 Å². The van der Waals surface area contributed by atoms with E-state index >= 15 is 0 Å². The van der Waals surface area contributed by atoms with Crippen LogP contribution in [0.15, 0.2) is 48.7 Å². The maximum Gasteiger partial charge on any atom is 0.0529 e. The van der Waals surface area contributed by atoms with Crippen molar-refractivity contribution in [1.29, 1.82) is 0 Å². The molecule has 4 unspecified atom stereocenters. The third-order valence-electron chi connectivity index (χ3n) is 13.8. The molecule has 8 rings (SSSR count). The van der Waals surface area contributed by atoms with Gasteiger partial charge in [0.15, 0.2) is 0 Å². The van der Waals surface area contributed by atoms with Gasteiger partial charge in [-0.25, -0.2) is 0 Å². The van der Waals surface area contributed by atoms with E-state index in [2.05, 4.69) is 92.4 Å². The number of fused-ring (bicyclic) bond motifs is 8. The second-order valence-corrected chi connectivity index (χ2v) is 17.3. The van der Waals surface area contributed by atoms with Gasteiger partial charge in [-0.2, -0.15) is 0 Å². The van der Waals surface area contributed by atoms with Crippen molar-refractivity contribution in [3.63, 3.8) is 0 Å². The average molecular weight is 618 g/mol. The number of allylic oxidation sites excluding steroid dienone is 1. The minimum Gasteiger partial charge on any atom is -0.374 e. The molecule has 0 N–H and O–H groups in total. The topological polar surface area (TPSA) is 11.4 Å². The van der Waals surface area contributed by atoms with Crippen molar-refractivity contribution in [2.24, 2.45) is 22.2 Å². The molecule has 2 aliphatic carbocycles. The van der Waals surface area contributed by atoms with Crippen molar-refractivity contribution in [3.8, 4) is 11.3 Å². The molecule has 1 aromatic heterocycles. The minimum absolute atomic E-state index is 0.102. The lowest BCUT2D eigenvalue weighted by atomic mass is 9.64. The summed E-state index contributed by atoms with van der Waals surface area (Å²) in [5.41, 5.74) is 13.1. The molecule has 0 amide bonds. The first-order valence-corrected chi connectivity index (χ1v) is 19.0. The number of hydrogen-bond acceptors (Lipinski definition) is 2. The van der Waals surface area contributed by atoms with Crippen molar-refractivity contribution in [2.45, 2.75) is 117 Å². The fraction of sp³-hybridized carbons (Fsp3) is 0.628. The molecule has 2 saturated carbocycles. The number of benzene rings is 2. The normalized spacial score (nSPS) is 30.8. The molecule has 0 radical (unpaired) electrons. The van der Waals surface area contributed by atoms with Gasteiger partial charge in [0, 0.05) is 71.1 Å². The molecule has 3 aromatic rings. The van der Waals surface area contributed by atoms with Crippen LogP contribution < -0.4 is 0 Å². The summed E-state index contributed by atoms with van der Waals surface area (Å²) in [5, 5.41) is 1.53. The molecule has 46 heavy (non-hydrogen) atoms. The lowest BCUT2D eigenvalue weighted by molar-refractivity contribution is 0.141. The Morgan fingerprint density at radius 3 is 2.43 bits per heavy atom. The lowest BCUT2D eigenvalue weighted by Gasteiger charge is -2.37. The molecule has 246 valence electrons. The summed E-state index contributed by atoms with van der Waals surface area (Å²) in [6, 6.07) is 15.0.